The van der Waals surface area contributed by atoms with Gasteiger partial charge in [0, 0.05) is 53.2 Å². The maximum absolute atomic E-state index is 12.7. The summed E-state index contributed by atoms with van der Waals surface area (Å²) in [6, 6.07) is 11.6. The van der Waals surface area contributed by atoms with Crippen LogP contribution in [0.25, 0.3) is 0 Å². The predicted molar refractivity (Wildman–Crippen MR) is 152 cm³/mol. The van der Waals surface area contributed by atoms with Crippen molar-refractivity contribution in [1.29, 1.82) is 0 Å². The molecule has 0 saturated carbocycles. The van der Waals surface area contributed by atoms with Crippen molar-refractivity contribution in [3.05, 3.63) is 78.6 Å². The number of hydrogen-bond donors (Lipinski definition) is 1. The Hall–Kier alpha value is -2.32. The van der Waals surface area contributed by atoms with Crippen LogP contribution in [0.4, 0.5) is 4.79 Å². The fraction of sp³-hybridized carbons (Fsp3) is 0.333. The average Bonchev–Trinajstić information content (AvgIpc) is 3.55. The molecule has 4 rings (SSSR count). The van der Waals surface area contributed by atoms with Crippen LogP contribution in [-0.2, 0) is 17.6 Å². The van der Waals surface area contributed by atoms with Gasteiger partial charge >= 0.3 is 5.97 Å². The second-order valence-corrected chi connectivity index (χ2v) is 11.8. The van der Waals surface area contributed by atoms with Gasteiger partial charge in [-0.2, -0.15) is 11.3 Å². The van der Waals surface area contributed by atoms with Crippen molar-refractivity contribution in [2.45, 2.75) is 25.4 Å². The number of aliphatic hydroxyl groups excluding tert-OH is 1. The van der Waals surface area contributed by atoms with E-state index in [9.17, 15) is 14.7 Å². The Morgan fingerprint density at radius 3 is 2.84 bits per heavy atom. The molecule has 2 aromatic heterocycles. The number of carbonyl (C=O) groups is 2. The molecular weight excluding hydrogens is 548 g/mol. The standard InChI is InChI=1S/C27H27ClN2O4S3/c1-34-26(32)25-17-23(28)24(37-25)8-11-30-27(33)36-14-12-29(30)10-7-22(31)16-21-4-2-3-19(15-21)5-6-20-9-13-35-18-20/h2-4,9,13,15,17-18,22,31H,7-8,10-12,14,16H2,1H3. The molecule has 0 bridgehead atoms. The molecule has 0 radical (unpaired) electrons. The molecular formula is C27H27ClN2O4S3. The molecule has 1 saturated heterocycles. The molecule has 1 amide bonds. The average molecular weight is 575 g/mol. The highest BCUT2D eigenvalue weighted by Crippen LogP contribution is 2.29. The summed E-state index contributed by atoms with van der Waals surface area (Å²) >= 11 is 10.5. The van der Waals surface area contributed by atoms with Gasteiger partial charge in [0.25, 0.3) is 5.24 Å². The van der Waals surface area contributed by atoms with Crippen molar-refractivity contribution >= 4 is 57.2 Å². The first-order valence-corrected chi connectivity index (χ1v) is 14.9. The van der Waals surface area contributed by atoms with Gasteiger partial charge in [0.1, 0.15) is 4.88 Å². The van der Waals surface area contributed by atoms with Crippen molar-refractivity contribution in [2.24, 2.45) is 0 Å². The molecule has 1 atom stereocenters. The lowest BCUT2D eigenvalue weighted by Gasteiger charge is -2.38. The summed E-state index contributed by atoms with van der Waals surface area (Å²) in [5, 5.41) is 19.0. The third-order valence-electron chi connectivity index (χ3n) is 5.81. The molecule has 1 aromatic carbocycles. The van der Waals surface area contributed by atoms with Gasteiger partial charge < -0.3 is 9.84 Å². The minimum atomic E-state index is -0.541. The normalized spacial score (nSPS) is 14.8. The van der Waals surface area contributed by atoms with Crippen LogP contribution in [0.1, 0.15) is 37.7 Å². The van der Waals surface area contributed by atoms with Gasteiger partial charge in [-0.3, -0.25) is 9.80 Å². The van der Waals surface area contributed by atoms with Gasteiger partial charge in [-0.15, -0.1) is 11.3 Å². The number of rotatable bonds is 9. The van der Waals surface area contributed by atoms with Gasteiger partial charge in [-0.05, 0) is 48.1 Å². The summed E-state index contributed by atoms with van der Waals surface area (Å²) in [5.41, 5.74) is 2.95. The minimum Gasteiger partial charge on any atom is -0.465 e. The van der Waals surface area contributed by atoms with Gasteiger partial charge in [0.2, 0.25) is 0 Å². The highest BCUT2D eigenvalue weighted by atomic mass is 35.5. The molecule has 37 heavy (non-hydrogen) atoms. The maximum atomic E-state index is 12.7. The van der Waals surface area contributed by atoms with Gasteiger partial charge in [0.15, 0.2) is 0 Å². The first kappa shape index (κ1) is 27.7. The predicted octanol–water partition coefficient (Wildman–Crippen LogP) is 5.57. The van der Waals surface area contributed by atoms with Crippen LogP contribution in [0.15, 0.2) is 47.2 Å². The molecule has 1 fully saturated rings. The summed E-state index contributed by atoms with van der Waals surface area (Å²) in [5.74, 6) is 6.63. The Balaban J connectivity index is 1.31. The van der Waals surface area contributed by atoms with E-state index in [0.29, 0.717) is 48.0 Å². The fourth-order valence-electron chi connectivity index (χ4n) is 3.93. The van der Waals surface area contributed by atoms with Crippen LogP contribution >= 0.6 is 46.0 Å². The Morgan fingerprint density at radius 1 is 1.22 bits per heavy atom. The van der Waals surface area contributed by atoms with E-state index in [0.717, 1.165) is 28.1 Å². The second-order valence-electron chi connectivity index (χ2n) is 8.42. The summed E-state index contributed by atoms with van der Waals surface area (Å²) in [7, 11) is 1.34. The van der Waals surface area contributed by atoms with Crippen LogP contribution in [0, 0.1) is 11.8 Å². The molecule has 1 unspecified atom stereocenters. The fourth-order valence-corrected chi connectivity index (χ4v) is 6.69. The number of halogens is 1. The summed E-state index contributed by atoms with van der Waals surface area (Å²) in [4.78, 5) is 25.7. The van der Waals surface area contributed by atoms with Gasteiger partial charge in [-0.1, -0.05) is 47.3 Å². The number of benzene rings is 1. The van der Waals surface area contributed by atoms with Crippen LogP contribution < -0.4 is 0 Å². The van der Waals surface area contributed by atoms with E-state index in [-0.39, 0.29) is 5.24 Å². The number of methoxy groups -OCH3 is 1. The van der Waals surface area contributed by atoms with E-state index in [1.54, 1.807) is 22.4 Å². The summed E-state index contributed by atoms with van der Waals surface area (Å²) in [6.07, 6.45) is 1.04. The molecule has 1 aliphatic rings. The second kappa shape index (κ2) is 13.5. The molecule has 3 aromatic rings. The zero-order valence-electron chi connectivity index (χ0n) is 20.3. The zero-order chi connectivity index (χ0) is 26.2. The Morgan fingerprint density at radius 2 is 2.05 bits per heavy atom. The first-order chi connectivity index (χ1) is 17.9. The van der Waals surface area contributed by atoms with Crippen LogP contribution in [-0.4, -0.2) is 64.9 Å². The third kappa shape index (κ3) is 7.84. The van der Waals surface area contributed by atoms with E-state index in [1.165, 1.54) is 30.2 Å². The monoisotopic (exact) mass is 574 g/mol. The van der Waals surface area contributed by atoms with Crippen molar-refractivity contribution in [3.63, 3.8) is 0 Å². The number of nitrogens with zero attached hydrogens (tertiary/aromatic N) is 2. The van der Waals surface area contributed by atoms with Gasteiger partial charge in [-0.25, -0.2) is 9.80 Å². The lowest BCUT2D eigenvalue weighted by atomic mass is 10.0. The number of thiophene rings is 2. The molecule has 194 valence electrons. The number of hydrogen-bond acceptors (Lipinski definition) is 8. The zero-order valence-corrected chi connectivity index (χ0v) is 23.5. The number of aliphatic hydroxyl groups is 1. The van der Waals surface area contributed by atoms with E-state index < -0.39 is 12.1 Å². The molecule has 1 N–H and O–H groups in total. The Bertz CT molecular complexity index is 1280. The Labute approximate surface area is 234 Å². The number of carbonyl (C=O) groups excluding carboxylic acids is 2. The maximum Gasteiger partial charge on any atom is 0.348 e. The van der Waals surface area contributed by atoms with E-state index in [2.05, 4.69) is 11.8 Å². The highest BCUT2D eigenvalue weighted by Gasteiger charge is 2.27. The third-order valence-corrected chi connectivity index (χ3v) is 8.96. The number of ether oxygens (including phenoxy) is 1. The molecule has 0 aliphatic carbocycles. The van der Waals surface area contributed by atoms with Crippen molar-refractivity contribution in [2.75, 3.05) is 32.5 Å². The quantitative estimate of drug-likeness (QED) is 0.266. The smallest absolute Gasteiger partial charge is 0.348 e. The Kier molecular flexibility index (Phi) is 10.1. The summed E-state index contributed by atoms with van der Waals surface area (Å²) < 4.78 is 4.77. The van der Waals surface area contributed by atoms with E-state index in [4.69, 9.17) is 16.3 Å². The van der Waals surface area contributed by atoms with E-state index in [1.807, 2.05) is 46.1 Å². The number of hydrazine groups is 1. The van der Waals surface area contributed by atoms with Crippen molar-refractivity contribution in [3.8, 4) is 11.8 Å². The molecule has 3 heterocycles. The number of esters is 1. The SMILES string of the molecule is COC(=O)c1cc(Cl)c(CCN2C(=O)SCCN2CCC(O)Cc2cccc(C#Cc3ccsc3)c2)s1. The van der Waals surface area contributed by atoms with Crippen molar-refractivity contribution in [1.82, 2.24) is 10.0 Å². The highest BCUT2D eigenvalue weighted by molar-refractivity contribution is 8.13. The van der Waals surface area contributed by atoms with Crippen LogP contribution in [0.5, 0.6) is 0 Å². The van der Waals surface area contributed by atoms with E-state index >= 15 is 0 Å². The first-order valence-electron chi connectivity index (χ1n) is 11.8. The van der Waals surface area contributed by atoms with Crippen LogP contribution in [0.2, 0.25) is 5.02 Å². The lowest BCUT2D eigenvalue weighted by molar-refractivity contribution is 0.0148. The van der Waals surface area contributed by atoms with Crippen molar-refractivity contribution < 1.29 is 19.4 Å². The van der Waals surface area contributed by atoms with Crippen LogP contribution in [0.3, 0.4) is 0 Å². The number of amides is 1. The van der Waals surface area contributed by atoms with Gasteiger partial charge in [0.05, 0.1) is 18.2 Å². The lowest BCUT2D eigenvalue weighted by Crippen LogP contribution is -2.51. The minimum absolute atomic E-state index is 0.0153. The molecule has 0 spiro atoms. The topological polar surface area (TPSA) is 70.1 Å². The largest absolute Gasteiger partial charge is 0.465 e. The molecule has 6 nitrogen and oxygen atoms in total. The molecule has 10 heteroatoms. The molecule has 1 aliphatic heterocycles. The number of thioether (sulfide) groups is 1. The summed E-state index contributed by atoms with van der Waals surface area (Å²) in [6.45, 7) is 1.74.